The maximum absolute atomic E-state index is 9.25. The molecule has 0 aromatic carbocycles. The van der Waals surface area contributed by atoms with E-state index < -0.39 is 16.3 Å². The van der Waals surface area contributed by atoms with E-state index in [0.29, 0.717) is 0 Å². The molecule has 0 aromatic rings. The lowest BCUT2D eigenvalue weighted by Gasteiger charge is -2.14. The highest BCUT2D eigenvalue weighted by Crippen LogP contribution is 2.37. The molecule has 3 heteroatoms. The van der Waals surface area contributed by atoms with E-state index in [1.165, 1.54) is 0 Å². The summed E-state index contributed by atoms with van der Waals surface area (Å²) in [6, 6.07) is 1.94. The topological polar surface area (TPSA) is 44.0 Å². The number of thiol groups is 1. The van der Waals surface area contributed by atoms with E-state index >= 15 is 0 Å². The van der Waals surface area contributed by atoms with Gasteiger partial charge in [-0.25, -0.2) is 0 Å². The molecule has 0 aliphatic carbocycles. The van der Waals surface area contributed by atoms with Crippen molar-refractivity contribution >= 4 is 10.9 Å². The van der Waals surface area contributed by atoms with Crippen LogP contribution in [0.5, 0.6) is 0 Å². The molecule has 0 spiro atoms. The second-order valence-electron chi connectivity index (χ2n) is 1.97. The zero-order chi connectivity index (χ0) is 7.40. The van der Waals surface area contributed by atoms with Gasteiger partial charge in [0.05, 0.1) is 12.5 Å². The van der Waals surface area contributed by atoms with Crippen LogP contribution in [-0.2, 0) is 0 Å². The Morgan fingerprint density at radius 3 is 2.60 bits per heavy atom. The average molecular weight is 155 g/mol. The molecule has 0 fully saturated rings. The summed E-state index contributed by atoms with van der Waals surface area (Å²) in [6.45, 7) is 0. The van der Waals surface area contributed by atoms with Gasteiger partial charge < -0.3 is 5.11 Å². The van der Waals surface area contributed by atoms with Crippen molar-refractivity contribution in [3.8, 4) is 6.07 Å². The van der Waals surface area contributed by atoms with Crippen molar-refractivity contribution in [1.82, 2.24) is 0 Å². The van der Waals surface area contributed by atoms with Crippen molar-refractivity contribution in [2.24, 2.45) is 0 Å². The monoisotopic (exact) mass is 155 g/mol. The Labute approximate surface area is 62.8 Å². The fourth-order valence-electron chi connectivity index (χ4n) is 0.734. The molecule has 0 radical (unpaired) electrons. The number of allylic oxidation sites excluding steroid dienone is 2. The van der Waals surface area contributed by atoms with E-state index in [1.54, 1.807) is 0 Å². The lowest BCUT2D eigenvalue weighted by Crippen LogP contribution is -2.01. The van der Waals surface area contributed by atoms with Crippen LogP contribution in [0.1, 0.15) is 6.42 Å². The Hall–Kier alpha value is -0.720. The highest BCUT2D eigenvalue weighted by atomic mass is 32.2. The lowest BCUT2D eigenvalue weighted by atomic mass is 10.5. The van der Waals surface area contributed by atoms with Gasteiger partial charge in [0.1, 0.15) is 5.44 Å². The minimum atomic E-state index is -0.540. The Bertz CT molecular complexity index is 192. The van der Waals surface area contributed by atoms with E-state index in [2.05, 4.69) is 0 Å². The third kappa shape index (κ3) is 1.63. The molecular weight excluding hydrogens is 146 g/mol. The van der Waals surface area contributed by atoms with Gasteiger partial charge in [0, 0.05) is 0 Å². The molecule has 1 heterocycles. The molecule has 0 saturated carbocycles. The molecule has 0 saturated heterocycles. The summed E-state index contributed by atoms with van der Waals surface area (Å²) in [5, 5.41) is 21.4. The highest BCUT2D eigenvalue weighted by molar-refractivity contribution is 8.22. The van der Waals surface area contributed by atoms with E-state index in [-0.39, 0.29) is 6.42 Å². The minimum Gasteiger partial charge on any atom is -0.382 e. The Kier molecular flexibility index (Phi) is 2.55. The fourth-order valence-corrected chi connectivity index (χ4v) is 2.12. The molecule has 1 aliphatic heterocycles. The number of nitrogens with zero attached hydrogens (tertiary/aromatic N) is 1. The molecule has 10 heavy (non-hydrogen) atoms. The van der Waals surface area contributed by atoms with Crippen LogP contribution >= 0.6 is 10.9 Å². The Balaban J connectivity index is 2.43. The van der Waals surface area contributed by atoms with Crippen LogP contribution in [0.3, 0.4) is 0 Å². The largest absolute Gasteiger partial charge is 0.382 e. The first-order valence-corrected chi connectivity index (χ1v) is 4.57. The minimum absolute atomic E-state index is 0.236. The third-order valence-corrected chi connectivity index (χ3v) is 3.15. The second kappa shape index (κ2) is 3.45. The van der Waals surface area contributed by atoms with E-state index in [4.69, 9.17) is 5.26 Å². The van der Waals surface area contributed by atoms with E-state index in [1.807, 2.05) is 29.0 Å². The molecule has 2 nitrogen and oxygen atoms in total. The quantitative estimate of drug-likeness (QED) is 0.590. The summed E-state index contributed by atoms with van der Waals surface area (Å²) in [5.74, 6) is 0. The smallest absolute Gasteiger partial charge is 0.101 e. The second-order valence-corrected chi connectivity index (χ2v) is 4.06. The molecule has 1 atom stereocenters. The van der Waals surface area contributed by atoms with Gasteiger partial charge in [-0.05, 0) is 10.8 Å². The first-order chi connectivity index (χ1) is 4.84. The van der Waals surface area contributed by atoms with E-state index in [0.717, 1.165) is 0 Å². The molecule has 0 amide bonds. The number of aliphatic hydroxyl groups is 1. The maximum atomic E-state index is 9.25. The van der Waals surface area contributed by atoms with Gasteiger partial charge >= 0.3 is 0 Å². The normalized spacial score (nSPS) is 21.0. The molecule has 54 valence electrons. The molecule has 0 bridgehead atoms. The number of hydrogen-bond acceptors (Lipinski definition) is 2. The summed E-state index contributed by atoms with van der Waals surface area (Å²) in [6.07, 6.45) is 4.05. The van der Waals surface area contributed by atoms with Gasteiger partial charge in [-0.15, -0.1) is 0 Å². The number of aliphatic hydroxyl groups excluding tert-OH is 1. The summed E-state index contributed by atoms with van der Waals surface area (Å²) < 4.78 is 0. The van der Waals surface area contributed by atoms with Crippen molar-refractivity contribution in [2.45, 2.75) is 11.9 Å². The highest BCUT2D eigenvalue weighted by Gasteiger charge is 2.09. The van der Waals surface area contributed by atoms with Gasteiger partial charge in [0.2, 0.25) is 0 Å². The van der Waals surface area contributed by atoms with E-state index in [9.17, 15) is 5.11 Å². The van der Waals surface area contributed by atoms with Crippen molar-refractivity contribution in [3.63, 3.8) is 0 Å². The van der Waals surface area contributed by atoms with Crippen LogP contribution in [0.25, 0.3) is 0 Å². The van der Waals surface area contributed by atoms with Gasteiger partial charge in [-0.1, -0.05) is 12.2 Å². The fraction of sp³-hybridized carbons (Fsp3) is 0.286. The van der Waals surface area contributed by atoms with Gasteiger partial charge in [-0.2, -0.15) is 16.2 Å². The van der Waals surface area contributed by atoms with Crippen molar-refractivity contribution in [1.29, 1.82) is 5.26 Å². The zero-order valence-corrected chi connectivity index (χ0v) is 6.33. The average Bonchev–Trinajstić information content (AvgIpc) is 2.38. The maximum Gasteiger partial charge on any atom is 0.101 e. The summed E-state index contributed by atoms with van der Waals surface area (Å²) in [4.78, 5) is 0. The number of rotatable bonds is 2. The van der Waals surface area contributed by atoms with Crippen LogP contribution in [0.15, 0.2) is 23.0 Å². The molecule has 0 unspecified atom stereocenters. The first kappa shape index (κ1) is 7.39. The SMILES string of the molecule is N#CC[C@@H](O)[SH]1C=CC=C1. The molecule has 0 aromatic heterocycles. The standard InChI is InChI=1S/C7H9NOS/c8-4-3-7(9)10-5-1-2-6-10/h1-2,5-7,9-10H,3H2/t7-/m0/s1. The molecule has 1 N–H and O–H groups in total. The first-order valence-electron chi connectivity index (χ1n) is 3.02. The van der Waals surface area contributed by atoms with Gasteiger partial charge in [0.25, 0.3) is 0 Å². The van der Waals surface area contributed by atoms with Crippen LogP contribution in [0.4, 0.5) is 0 Å². The van der Waals surface area contributed by atoms with Crippen LogP contribution in [0, 0.1) is 11.3 Å². The Morgan fingerprint density at radius 1 is 1.50 bits per heavy atom. The van der Waals surface area contributed by atoms with Gasteiger partial charge in [0.15, 0.2) is 0 Å². The molecule has 1 rings (SSSR count). The molecule has 1 aliphatic rings. The zero-order valence-electron chi connectivity index (χ0n) is 5.44. The number of hydrogen-bond donors (Lipinski definition) is 2. The van der Waals surface area contributed by atoms with Crippen molar-refractivity contribution in [2.75, 3.05) is 0 Å². The lowest BCUT2D eigenvalue weighted by molar-refractivity contribution is 0.268. The molecular formula is C7H9NOS. The summed E-state index contributed by atoms with van der Waals surface area (Å²) in [5.41, 5.74) is -0.463. The van der Waals surface area contributed by atoms with Crippen LogP contribution in [-0.4, -0.2) is 10.5 Å². The van der Waals surface area contributed by atoms with Gasteiger partial charge in [-0.3, -0.25) is 0 Å². The van der Waals surface area contributed by atoms with Crippen LogP contribution < -0.4 is 0 Å². The van der Waals surface area contributed by atoms with Crippen molar-refractivity contribution < 1.29 is 5.11 Å². The van der Waals surface area contributed by atoms with Crippen LogP contribution in [0.2, 0.25) is 0 Å². The predicted octanol–water partition coefficient (Wildman–Crippen LogP) is 1.26. The van der Waals surface area contributed by atoms with Crippen molar-refractivity contribution in [3.05, 3.63) is 23.0 Å². The summed E-state index contributed by atoms with van der Waals surface area (Å²) in [7, 11) is -0.540. The number of nitriles is 1. The third-order valence-electron chi connectivity index (χ3n) is 1.25. The summed E-state index contributed by atoms with van der Waals surface area (Å²) >= 11 is 0. The predicted molar refractivity (Wildman–Crippen MR) is 43.5 cm³/mol. The Morgan fingerprint density at radius 2 is 2.10 bits per heavy atom.